The molecule has 27 heavy (non-hydrogen) atoms. The number of rotatable bonds is 5. The third kappa shape index (κ3) is 2.99. The Balaban J connectivity index is 1.65. The van der Waals surface area contributed by atoms with Gasteiger partial charge >= 0.3 is 5.97 Å². The van der Waals surface area contributed by atoms with Crippen molar-refractivity contribution in [1.29, 1.82) is 0 Å². The molecule has 2 atom stereocenters. The molecule has 1 aliphatic rings. The molecule has 3 aromatic carbocycles. The van der Waals surface area contributed by atoms with Gasteiger partial charge in [0.15, 0.2) is 0 Å². The summed E-state index contributed by atoms with van der Waals surface area (Å²) in [6.45, 7) is 0. The van der Waals surface area contributed by atoms with Crippen LogP contribution >= 0.6 is 0 Å². The van der Waals surface area contributed by atoms with Crippen LogP contribution in [0.4, 0.5) is 0 Å². The van der Waals surface area contributed by atoms with E-state index in [2.05, 4.69) is 36.4 Å². The number of hydrogen-bond donors (Lipinski definition) is 0. The number of hydrogen-bond acceptors (Lipinski definition) is 3. The van der Waals surface area contributed by atoms with Crippen molar-refractivity contribution in [2.45, 2.75) is 17.8 Å². The van der Waals surface area contributed by atoms with E-state index in [1.165, 1.54) is 12.7 Å². The van der Waals surface area contributed by atoms with Crippen molar-refractivity contribution in [3.63, 3.8) is 0 Å². The van der Waals surface area contributed by atoms with E-state index in [9.17, 15) is 4.79 Å². The number of methoxy groups -OCH3 is 2. The van der Waals surface area contributed by atoms with Gasteiger partial charge in [-0.05, 0) is 40.8 Å². The number of ether oxygens (including phenoxy) is 2. The highest BCUT2D eigenvalue weighted by Gasteiger charge is 2.62. The molecule has 136 valence electrons. The highest BCUT2D eigenvalue weighted by Crippen LogP contribution is 2.61. The number of benzene rings is 3. The van der Waals surface area contributed by atoms with Crippen LogP contribution in [0.1, 0.15) is 23.5 Å². The maximum atomic E-state index is 12.7. The predicted octanol–water partition coefficient (Wildman–Crippen LogP) is 4.96. The second-order valence-corrected chi connectivity index (χ2v) is 6.94. The van der Waals surface area contributed by atoms with E-state index in [-0.39, 0.29) is 11.9 Å². The summed E-state index contributed by atoms with van der Waals surface area (Å²) in [5, 5.41) is 0. The first-order valence-electron chi connectivity index (χ1n) is 9.07. The fourth-order valence-corrected chi connectivity index (χ4v) is 3.94. The van der Waals surface area contributed by atoms with Crippen LogP contribution in [0.2, 0.25) is 0 Å². The van der Waals surface area contributed by atoms with Gasteiger partial charge in [0.25, 0.3) is 0 Å². The van der Waals surface area contributed by atoms with E-state index in [0.717, 1.165) is 28.9 Å². The summed E-state index contributed by atoms with van der Waals surface area (Å²) in [5.41, 5.74) is 3.85. The highest BCUT2D eigenvalue weighted by atomic mass is 16.5. The van der Waals surface area contributed by atoms with Crippen molar-refractivity contribution in [3.8, 4) is 16.9 Å². The van der Waals surface area contributed by atoms with Crippen molar-refractivity contribution in [3.05, 3.63) is 90.0 Å². The number of esters is 1. The van der Waals surface area contributed by atoms with E-state index in [4.69, 9.17) is 9.47 Å². The molecule has 0 spiro atoms. The second-order valence-electron chi connectivity index (χ2n) is 6.94. The molecule has 4 rings (SSSR count). The van der Waals surface area contributed by atoms with Gasteiger partial charge in [-0.15, -0.1) is 0 Å². The first-order chi connectivity index (χ1) is 13.2. The summed E-state index contributed by atoms with van der Waals surface area (Å²) < 4.78 is 10.4. The minimum absolute atomic E-state index is 0.159. The Labute approximate surface area is 159 Å². The molecule has 0 radical (unpaired) electrons. The molecule has 0 heterocycles. The van der Waals surface area contributed by atoms with Gasteiger partial charge in [0.1, 0.15) is 11.2 Å². The summed E-state index contributed by atoms with van der Waals surface area (Å²) in [6.07, 6.45) is 0.783. The fraction of sp³-hybridized carbons (Fsp3) is 0.208. The molecule has 0 bridgehead atoms. The van der Waals surface area contributed by atoms with E-state index < -0.39 is 5.41 Å². The molecule has 0 unspecified atom stereocenters. The lowest BCUT2D eigenvalue weighted by Crippen LogP contribution is -2.24. The molecule has 3 heteroatoms. The molecule has 0 N–H and O–H groups in total. The largest absolute Gasteiger partial charge is 0.497 e. The van der Waals surface area contributed by atoms with Gasteiger partial charge in [-0.25, -0.2) is 0 Å². The zero-order chi connectivity index (χ0) is 18.9. The normalized spacial score (nSPS) is 20.7. The van der Waals surface area contributed by atoms with Crippen molar-refractivity contribution < 1.29 is 14.3 Å². The molecular weight excluding hydrogens is 336 g/mol. The Morgan fingerprint density at radius 3 is 2.00 bits per heavy atom. The average molecular weight is 358 g/mol. The zero-order valence-corrected chi connectivity index (χ0v) is 15.5. The Bertz CT molecular complexity index is 930. The van der Waals surface area contributed by atoms with Crippen molar-refractivity contribution in [2.75, 3.05) is 14.2 Å². The predicted molar refractivity (Wildman–Crippen MR) is 106 cm³/mol. The maximum absolute atomic E-state index is 12.7. The van der Waals surface area contributed by atoms with Gasteiger partial charge in [0.2, 0.25) is 0 Å². The third-order valence-corrected chi connectivity index (χ3v) is 5.54. The van der Waals surface area contributed by atoms with Gasteiger partial charge < -0.3 is 9.47 Å². The van der Waals surface area contributed by atoms with Gasteiger partial charge in [-0.1, -0.05) is 66.7 Å². The van der Waals surface area contributed by atoms with Crippen LogP contribution in [0.25, 0.3) is 11.1 Å². The average Bonchev–Trinajstić information content (AvgIpc) is 3.51. The lowest BCUT2D eigenvalue weighted by Gasteiger charge is -2.16. The van der Waals surface area contributed by atoms with Gasteiger partial charge in [-0.3, -0.25) is 4.79 Å². The molecule has 3 nitrogen and oxygen atoms in total. The van der Waals surface area contributed by atoms with Crippen LogP contribution in [0.5, 0.6) is 5.75 Å². The monoisotopic (exact) mass is 358 g/mol. The van der Waals surface area contributed by atoms with Gasteiger partial charge in [0.05, 0.1) is 14.2 Å². The van der Waals surface area contributed by atoms with Crippen LogP contribution < -0.4 is 4.74 Å². The Kier molecular flexibility index (Phi) is 4.44. The summed E-state index contributed by atoms with van der Waals surface area (Å²) in [6, 6.07) is 26.4. The Hall–Kier alpha value is -3.07. The Morgan fingerprint density at radius 1 is 0.852 bits per heavy atom. The molecular formula is C24H22O3. The quantitative estimate of drug-likeness (QED) is 0.605. The van der Waals surface area contributed by atoms with E-state index in [1.54, 1.807) is 7.11 Å². The molecule has 1 saturated carbocycles. The van der Waals surface area contributed by atoms with Crippen LogP contribution in [0.15, 0.2) is 78.9 Å². The van der Waals surface area contributed by atoms with E-state index in [0.29, 0.717) is 0 Å². The molecule has 0 amide bonds. The number of carbonyl (C=O) groups excluding carboxylic acids is 1. The van der Waals surface area contributed by atoms with Crippen molar-refractivity contribution in [2.24, 2.45) is 0 Å². The Morgan fingerprint density at radius 2 is 1.44 bits per heavy atom. The molecule has 0 saturated heterocycles. The zero-order valence-electron chi connectivity index (χ0n) is 15.5. The lowest BCUT2D eigenvalue weighted by molar-refractivity contribution is -0.143. The van der Waals surface area contributed by atoms with Crippen LogP contribution in [-0.2, 0) is 14.9 Å². The summed E-state index contributed by atoms with van der Waals surface area (Å²) in [4.78, 5) is 12.7. The summed E-state index contributed by atoms with van der Waals surface area (Å²) in [7, 11) is 3.13. The fourth-order valence-electron chi connectivity index (χ4n) is 3.94. The molecule has 0 aromatic heterocycles. The minimum atomic E-state index is -0.575. The molecule has 3 aromatic rings. The van der Waals surface area contributed by atoms with E-state index in [1.807, 2.05) is 42.5 Å². The SMILES string of the molecule is COC(=O)[C@]1(c2ccc(-c3ccc(OC)cc3)cc2)C[C@H]1c1ccccc1. The maximum Gasteiger partial charge on any atom is 0.316 e. The van der Waals surface area contributed by atoms with Gasteiger partial charge in [-0.2, -0.15) is 0 Å². The van der Waals surface area contributed by atoms with Crippen LogP contribution in [0, 0.1) is 0 Å². The highest BCUT2D eigenvalue weighted by molar-refractivity contribution is 5.89. The number of carbonyl (C=O) groups is 1. The van der Waals surface area contributed by atoms with E-state index >= 15 is 0 Å². The minimum Gasteiger partial charge on any atom is -0.497 e. The van der Waals surface area contributed by atoms with Crippen LogP contribution in [-0.4, -0.2) is 20.2 Å². The topological polar surface area (TPSA) is 35.5 Å². The molecule has 1 fully saturated rings. The summed E-state index contributed by atoms with van der Waals surface area (Å²) >= 11 is 0. The lowest BCUT2D eigenvalue weighted by atomic mass is 9.89. The van der Waals surface area contributed by atoms with Crippen LogP contribution in [0.3, 0.4) is 0 Å². The summed E-state index contributed by atoms with van der Waals surface area (Å²) in [5.74, 6) is 0.843. The first-order valence-corrected chi connectivity index (χ1v) is 9.07. The first kappa shape index (κ1) is 17.3. The standard InChI is InChI=1S/C24H22O3/c1-26-21-14-10-18(11-15-21)17-8-12-20(13-9-17)24(23(25)27-2)16-22(24)19-6-4-3-5-7-19/h3-15,22H,16H2,1-2H3/t22-,24-/m0/s1. The van der Waals surface area contributed by atoms with Crippen molar-refractivity contribution >= 4 is 5.97 Å². The van der Waals surface area contributed by atoms with Crippen molar-refractivity contribution in [1.82, 2.24) is 0 Å². The second kappa shape index (κ2) is 6.92. The smallest absolute Gasteiger partial charge is 0.316 e. The van der Waals surface area contributed by atoms with Gasteiger partial charge in [0, 0.05) is 5.92 Å². The third-order valence-electron chi connectivity index (χ3n) is 5.54. The molecule has 1 aliphatic carbocycles. The molecule has 0 aliphatic heterocycles.